The Bertz CT molecular complexity index is 1280. The third-order valence-corrected chi connectivity index (χ3v) is 5.82. The maximum atomic E-state index is 12.5. The van der Waals surface area contributed by atoms with Gasteiger partial charge in [-0.25, -0.2) is 14.8 Å². The first-order chi connectivity index (χ1) is 15.9. The van der Waals surface area contributed by atoms with Crippen LogP contribution in [0.1, 0.15) is 36.8 Å². The largest absolute Gasteiger partial charge is 0.323 e. The highest BCUT2D eigenvalue weighted by Gasteiger charge is 2.16. The number of carbonyl (C=O) groups is 1. The van der Waals surface area contributed by atoms with E-state index in [0.717, 1.165) is 41.8 Å². The summed E-state index contributed by atoms with van der Waals surface area (Å²) in [5.74, 6) is 0.981. The van der Waals surface area contributed by atoms with E-state index in [1.54, 1.807) is 24.3 Å². The SMILES string of the molecule is CCCCc1nc2cc(NC(=O)Nc3cccc(Cl)c3)c(C)nc2n1Cc1ccc(Cl)cc1. The summed E-state index contributed by atoms with van der Waals surface area (Å²) in [7, 11) is 0. The first kappa shape index (κ1) is 23.1. The molecule has 2 amide bonds. The van der Waals surface area contributed by atoms with Crippen molar-refractivity contribution in [1.29, 1.82) is 0 Å². The van der Waals surface area contributed by atoms with Crippen molar-refractivity contribution in [3.63, 3.8) is 0 Å². The number of rotatable bonds is 7. The molecule has 33 heavy (non-hydrogen) atoms. The minimum absolute atomic E-state index is 0.367. The minimum atomic E-state index is -0.367. The summed E-state index contributed by atoms with van der Waals surface area (Å²) in [6, 6.07) is 16.3. The number of amides is 2. The smallest absolute Gasteiger partial charge is 0.308 e. The lowest BCUT2D eigenvalue weighted by atomic mass is 10.2. The third-order valence-electron chi connectivity index (χ3n) is 5.33. The van der Waals surface area contributed by atoms with Gasteiger partial charge < -0.3 is 15.2 Å². The van der Waals surface area contributed by atoms with Gasteiger partial charge in [0.25, 0.3) is 0 Å². The standard InChI is InChI=1S/C25H25Cl2N5O/c1-3-4-8-23-30-22-14-21(31-25(33)29-20-7-5-6-19(27)13-20)16(2)28-24(22)32(23)15-17-9-11-18(26)12-10-17/h5-7,9-14H,3-4,8,15H2,1-2H3,(H2,29,31,33). The van der Waals surface area contributed by atoms with E-state index in [-0.39, 0.29) is 6.03 Å². The van der Waals surface area contributed by atoms with Gasteiger partial charge in [-0.15, -0.1) is 0 Å². The Balaban J connectivity index is 1.63. The van der Waals surface area contributed by atoms with Crippen molar-refractivity contribution in [2.24, 2.45) is 0 Å². The van der Waals surface area contributed by atoms with Crippen LogP contribution in [-0.4, -0.2) is 20.6 Å². The molecule has 0 bridgehead atoms. The lowest BCUT2D eigenvalue weighted by Crippen LogP contribution is -2.20. The number of fused-ring (bicyclic) bond motifs is 1. The molecule has 4 aromatic rings. The summed E-state index contributed by atoms with van der Waals surface area (Å²) in [6.07, 6.45) is 2.97. The maximum absolute atomic E-state index is 12.5. The first-order valence-corrected chi connectivity index (χ1v) is 11.6. The highest BCUT2D eigenvalue weighted by molar-refractivity contribution is 6.31. The van der Waals surface area contributed by atoms with Crippen molar-refractivity contribution in [1.82, 2.24) is 14.5 Å². The molecular weight excluding hydrogens is 457 g/mol. The number of pyridine rings is 1. The zero-order chi connectivity index (χ0) is 23.4. The summed E-state index contributed by atoms with van der Waals surface area (Å²) in [5.41, 5.74) is 4.61. The van der Waals surface area contributed by atoms with Crippen molar-refractivity contribution < 1.29 is 4.79 Å². The number of urea groups is 1. The zero-order valence-corrected chi connectivity index (χ0v) is 20.0. The number of benzene rings is 2. The van der Waals surface area contributed by atoms with E-state index in [0.29, 0.717) is 33.7 Å². The van der Waals surface area contributed by atoms with E-state index in [1.165, 1.54) is 0 Å². The maximum Gasteiger partial charge on any atom is 0.323 e. The molecular formula is C25H25Cl2N5O. The van der Waals surface area contributed by atoms with Gasteiger partial charge in [0, 0.05) is 22.2 Å². The summed E-state index contributed by atoms with van der Waals surface area (Å²) in [6.45, 7) is 4.69. The third kappa shape index (κ3) is 5.64. The van der Waals surface area contributed by atoms with Gasteiger partial charge in [0.1, 0.15) is 11.3 Å². The van der Waals surface area contributed by atoms with Crippen LogP contribution < -0.4 is 10.6 Å². The van der Waals surface area contributed by atoms with Gasteiger partial charge in [-0.3, -0.25) is 0 Å². The van der Waals surface area contributed by atoms with Gasteiger partial charge in [0.15, 0.2) is 5.65 Å². The number of anilines is 2. The summed E-state index contributed by atoms with van der Waals surface area (Å²) in [4.78, 5) is 22.2. The molecule has 0 saturated heterocycles. The average molecular weight is 482 g/mol. The Morgan fingerprint density at radius 1 is 1.00 bits per heavy atom. The number of carbonyl (C=O) groups excluding carboxylic acids is 1. The number of unbranched alkanes of at least 4 members (excludes halogenated alkanes) is 1. The lowest BCUT2D eigenvalue weighted by molar-refractivity contribution is 0.262. The van der Waals surface area contributed by atoms with Crippen LogP contribution in [0.4, 0.5) is 16.2 Å². The molecule has 0 fully saturated rings. The molecule has 4 rings (SSSR count). The molecule has 0 spiro atoms. The number of nitrogens with one attached hydrogen (secondary N) is 2. The molecule has 0 atom stereocenters. The van der Waals surface area contributed by atoms with E-state index in [1.807, 2.05) is 37.3 Å². The van der Waals surface area contributed by atoms with Crippen LogP contribution in [-0.2, 0) is 13.0 Å². The number of hydrogen-bond acceptors (Lipinski definition) is 3. The van der Waals surface area contributed by atoms with Crippen LogP contribution in [0.5, 0.6) is 0 Å². The molecule has 6 nitrogen and oxygen atoms in total. The van der Waals surface area contributed by atoms with Crippen molar-refractivity contribution in [3.8, 4) is 0 Å². The van der Waals surface area contributed by atoms with E-state index in [4.69, 9.17) is 33.2 Å². The topological polar surface area (TPSA) is 71.8 Å². The molecule has 0 saturated carbocycles. The van der Waals surface area contributed by atoms with E-state index < -0.39 is 0 Å². The molecule has 0 radical (unpaired) electrons. The van der Waals surface area contributed by atoms with Crippen LogP contribution in [0.2, 0.25) is 10.0 Å². The summed E-state index contributed by atoms with van der Waals surface area (Å²) >= 11 is 12.0. The molecule has 2 N–H and O–H groups in total. The quantitative estimate of drug-likeness (QED) is 0.296. The second kappa shape index (κ2) is 10.2. The molecule has 0 unspecified atom stereocenters. The van der Waals surface area contributed by atoms with Crippen molar-refractivity contribution in [3.05, 3.63) is 81.7 Å². The fraction of sp³-hybridized carbons (Fsp3) is 0.240. The molecule has 0 aliphatic heterocycles. The zero-order valence-electron chi connectivity index (χ0n) is 18.5. The number of halogens is 2. The predicted molar refractivity (Wildman–Crippen MR) is 136 cm³/mol. The van der Waals surface area contributed by atoms with E-state index in [9.17, 15) is 4.79 Å². The second-order valence-electron chi connectivity index (χ2n) is 7.90. The van der Waals surface area contributed by atoms with Crippen LogP contribution in [0.3, 0.4) is 0 Å². The molecule has 2 aromatic carbocycles. The predicted octanol–water partition coefficient (Wildman–Crippen LogP) is 7.08. The molecule has 2 aromatic heterocycles. The summed E-state index contributed by atoms with van der Waals surface area (Å²) < 4.78 is 2.15. The van der Waals surface area contributed by atoms with Gasteiger partial charge >= 0.3 is 6.03 Å². The number of aromatic nitrogens is 3. The summed E-state index contributed by atoms with van der Waals surface area (Å²) in [5, 5.41) is 6.93. The Labute approximate surface area is 203 Å². The number of hydrogen-bond donors (Lipinski definition) is 2. The van der Waals surface area contributed by atoms with Gasteiger partial charge in [0.2, 0.25) is 0 Å². The molecule has 2 heterocycles. The minimum Gasteiger partial charge on any atom is -0.308 e. The molecule has 0 aliphatic carbocycles. The number of aryl methyl sites for hydroxylation is 2. The highest BCUT2D eigenvalue weighted by atomic mass is 35.5. The molecule has 170 valence electrons. The fourth-order valence-electron chi connectivity index (χ4n) is 3.63. The Morgan fingerprint density at radius 3 is 2.52 bits per heavy atom. The first-order valence-electron chi connectivity index (χ1n) is 10.9. The van der Waals surface area contributed by atoms with Gasteiger partial charge in [-0.05, 0) is 55.3 Å². The van der Waals surface area contributed by atoms with Crippen LogP contribution in [0.25, 0.3) is 11.2 Å². The Kier molecular flexibility index (Phi) is 7.16. The lowest BCUT2D eigenvalue weighted by Gasteiger charge is -2.11. The van der Waals surface area contributed by atoms with Gasteiger partial charge in [0.05, 0.1) is 17.9 Å². The van der Waals surface area contributed by atoms with Crippen LogP contribution >= 0.6 is 23.2 Å². The molecule has 0 aliphatic rings. The van der Waals surface area contributed by atoms with Gasteiger partial charge in [-0.2, -0.15) is 0 Å². The number of imidazole rings is 1. The Hall–Kier alpha value is -3.09. The van der Waals surface area contributed by atoms with Crippen molar-refractivity contribution in [2.45, 2.75) is 39.7 Å². The van der Waals surface area contributed by atoms with E-state index in [2.05, 4.69) is 22.1 Å². The highest BCUT2D eigenvalue weighted by Crippen LogP contribution is 2.24. The Morgan fingerprint density at radius 2 is 1.79 bits per heavy atom. The van der Waals surface area contributed by atoms with Crippen LogP contribution in [0.15, 0.2) is 54.6 Å². The van der Waals surface area contributed by atoms with Crippen molar-refractivity contribution in [2.75, 3.05) is 10.6 Å². The normalized spacial score (nSPS) is 11.0. The van der Waals surface area contributed by atoms with E-state index >= 15 is 0 Å². The second-order valence-corrected chi connectivity index (χ2v) is 8.77. The van der Waals surface area contributed by atoms with Crippen LogP contribution in [0, 0.1) is 6.92 Å². The average Bonchev–Trinajstić information content (AvgIpc) is 3.10. The molecule has 8 heteroatoms. The van der Waals surface area contributed by atoms with Crippen molar-refractivity contribution >= 4 is 51.8 Å². The van der Waals surface area contributed by atoms with Gasteiger partial charge in [-0.1, -0.05) is 54.7 Å². The number of nitrogens with zero attached hydrogens (tertiary/aromatic N) is 3. The fourth-order valence-corrected chi connectivity index (χ4v) is 3.94. The monoisotopic (exact) mass is 481 g/mol.